The molecule has 0 spiro atoms. The number of piperazine rings is 1. The van der Waals surface area contributed by atoms with Crippen molar-refractivity contribution in [2.75, 3.05) is 45.3 Å². The third-order valence-corrected chi connectivity index (χ3v) is 4.93. The van der Waals surface area contributed by atoms with Crippen LogP contribution in [-0.4, -0.2) is 71.0 Å². The van der Waals surface area contributed by atoms with Gasteiger partial charge >= 0.3 is 0 Å². The Kier molecular flexibility index (Phi) is 5.28. The van der Waals surface area contributed by atoms with Crippen molar-refractivity contribution in [1.29, 1.82) is 0 Å². The summed E-state index contributed by atoms with van der Waals surface area (Å²) in [4.78, 5) is 21.0. The smallest absolute Gasteiger partial charge is 0.257 e. The maximum atomic E-state index is 13.0. The summed E-state index contributed by atoms with van der Waals surface area (Å²) in [5, 5.41) is 8.58. The third kappa shape index (κ3) is 3.84. The van der Waals surface area contributed by atoms with Crippen molar-refractivity contribution < 1.29 is 14.3 Å². The number of rotatable bonds is 5. The first-order valence-electron chi connectivity index (χ1n) is 9.28. The molecular weight excluding hydrogens is 372 g/mol. The van der Waals surface area contributed by atoms with Crippen molar-refractivity contribution in [2.24, 2.45) is 0 Å². The number of aromatic nitrogens is 4. The van der Waals surface area contributed by atoms with E-state index in [4.69, 9.17) is 9.47 Å². The van der Waals surface area contributed by atoms with Crippen LogP contribution in [0.1, 0.15) is 10.4 Å². The van der Waals surface area contributed by atoms with Gasteiger partial charge in [0.2, 0.25) is 0 Å². The molecule has 9 nitrogen and oxygen atoms in total. The molecule has 0 atom stereocenters. The van der Waals surface area contributed by atoms with Gasteiger partial charge in [-0.25, -0.2) is 4.98 Å². The fourth-order valence-electron chi connectivity index (χ4n) is 3.31. The summed E-state index contributed by atoms with van der Waals surface area (Å²) in [6, 6.07) is 9.08. The van der Waals surface area contributed by atoms with Crippen LogP contribution >= 0.6 is 0 Å². The number of hydrogen-bond acceptors (Lipinski definition) is 7. The zero-order valence-electron chi connectivity index (χ0n) is 16.4. The van der Waals surface area contributed by atoms with Gasteiger partial charge in [-0.05, 0) is 30.3 Å². The first-order valence-corrected chi connectivity index (χ1v) is 9.28. The predicted molar refractivity (Wildman–Crippen MR) is 107 cm³/mol. The second-order valence-electron chi connectivity index (χ2n) is 6.57. The summed E-state index contributed by atoms with van der Waals surface area (Å²) < 4.78 is 12.4. The molecule has 0 aliphatic carbocycles. The molecule has 1 amide bonds. The van der Waals surface area contributed by atoms with E-state index >= 15 is 0 Å². The molecule has 0 N–H and O–H groups in total. The Morgan fingerprint density at radius 1 is 0.966 bits per heavy atom. The van der Waals surface area contributed by atoms with Crippen molar-refractivity contribution in [3.63, 3.8) is 0 Å². The number of carbonyl (C=O) groups excluding carboxylic acids is 1. The van der Waals surface area contributed by atoms with E-state index in [9.17, 15) is 4.79 Å². The molecule has 4 rings (SSSR count). The topological polar surface area (TPSA) is 85.6 Å². The van der Waals surface area contributed by atoms with Crippen LogP contribution in [0.2, 0.25) is 0 Å². The van der Waals surface area contributed by atoms with Gasteiger partial charge in [-0.15, -0.1) is 10.2 Å². The number of anilines is 1. The average Bonchev–Trinajstić information content (AvgIpc) is 3.33. The molecule has 29 heavy (non-hydrogen) atoms. The van der Waals surface area contributed by atoms with E-state index in [0.717, 1.165) is 5.82 Å². The van der Waals surface area contributed by atoms with Gasteiger partial charge in [0.1, 0.15) is 17.8 Å². The molecule has 2 aromatic heterocycles. The van der Waals surface area contributed by atoms with Crippen molar-refractivity contribution in [3.8, 4) is 17.3 Å². The van der Waals surface area contributed by atoms with Crippen LogP contribution in [0.3, 0.4) is 0 Å². The Balaban J connectivity index is 1.42. The summed E-state index contributed by atoms with van der Waals surface area (Å²) in [6.07, 6.45) is 5.20. The lowest BCUT2D eigenvalue weighted by Crippen LogP contribution is -2.49. The van der Waals surface area contributed by atoms with Crippen molar-refractivity contribution in [3.05, 3.63) is 54.6 Å². The summed E-state index contributed by atoms with van der Waals surface area (Å²) in [6.45, 7) is 2.53. The Hall–Kier alpha value is -3.62. The minimum atomic E-state index is -0.0676. The molecule has 0 bridgehead atoms. The van der Waals surface area contributed by atoms with Crippen molar-refractivity contribution in [2.45, 2.75) is 0 Å². The predicted octanol–water partition coefficient (Wildman–Crippen LogP) is 1.64. The van der Waals surface area contributed by atoms with Gasteiger partial charge in [0, 0.05) is 38.6 Å². The van der Waals surface area contributed by atoms with Gasteiger partial charge in [0.25, 0.3) is 5.91 Å². The molecule has 1 aliphatic heterocycles. The summed E-state index contributed by atoms with van der Waals surface area (Å²) in [5.74, 6) is 2.60. The monoisotopic (exact) mass is 394 g/mol. The molecular formula is C20H22N6O3. The molecule has 0 radical (unpaired) electrons. The van der Waals surface area contributed by atoms with E-state index in [1.807, 2.05) is 23.2 Å². The van der Waals surface area contributed by atoms with E-state index in [0.29, 0.717) is 49.1 Å². The van der Waals surface area contributed by atoms with Crippen LogP contribution in [0.25, 0.3) is 5.82 Å². The summed E-state index contributed by atoms with van der Waals surface area (Å²) in [5.41, 5.74) is 0.504. The van der Waals surface area contributed by atoms with E-state index < -0.39 is 0 Å². The van der Waals surface area contributed by atoms with Crippen molar-refractivity contribution in [1.82, 2.24) is 24.6 Å². The lowest BCUT2D eigenvalue weighted by molar-refractivity contribution is 0.0742. The number of hydrogen-bond donors (Lipinski definition) is 0. The molecule has 1 aromatic carbocycles. The van der Waals surface area contributed by atoms with Crippen LogP contribution in [0, 0.1) is 0 Å². The Morgan fingerprint density at radius 2 is 1.72 bits per heavy atom. The highest BCUT2D eigenvalue weighted by Crippen LogP contribution is 2.26. The molecule has 0 saturated carbocycles. The second kappa shape index (κ2) is 8.17. The van der Waals surface area contributed by atoms with Gasteiger partial charge < -0.3 is 19.3 Å². The first kappa shape index (κ1) is 18.7. The second-order valence-corrected chi connectivity index (χ2v) is 6.57. The largest absolute Gasteiger partial charge is 0.497 e. The summed E-state index contributed by atoms with van der Waals surface area (Å²) >= 11 is 0. The van der Waals surface area contributed by atoms with Gasteiger partial charge in [-0.3, -0.25) is 9.36 Å². The molecule has 150 valence electrons. The van der Waals surface area contributed by atoms with E-state index in [1.54, 1.807) is 49.5 Å². The molecule has 3 heterocycles. The molecule has 1 aliphatic rings. The van der Waals surface area contributed by atoms with Gasteiger partial charge in [-0.2, -0.15) is 0 Å². The van der Waals surface area contributed by atoms with Gasteiger partial charge in [-0.1, -0.05) is 0 Å². The minimum Gasteiger partial charge on any atom is -0.497 e. The number of imidazole rings is 1. The van der Waals surface area contributed by atoms with Crippen LogP contribution in [-0.2, 0) is 0 Å². The lowest BCUT2D eigenvalue weighted by atomic mass is 10.1. The van der Waals surface area contributed by atoms with E-state index in [1.165, 1.54) is 0 Å². The fourth-order valence-corrected chi connectivity index (χ4v) is 3.31. The highest BCUT2D eigenvalue weighted by Gasteiger charge is 2.25. The number of nitrogens with zero attached hydrogens (tertiary/aromatic N) is 6. The van der Waals surface area contributed by atoms with Crippen LogP contribution in [0.4, 0.5) is 5.82 Å². The molecule has 9 heteroatoms. The van der Waals surface area contributed by atoms with Crippen LogP contribution < -0.4 is 14.4 Å². The lowest BCUT2D eigenvalue weighted by Gasteiger charge is -2.35. The van der Waals surface area contributed by atoms with Crippen LogP contribution in [0.15, 0.2) is 49.1 Å². The molecule has 1 saturated heterocycles. The Bertz CT molecular complexity index is 966. The zero-order valence-corrected chi connectivity index (χ0v) is 16.4. The molecule has 3 aromatic rings. The highest BCUT2D eigenvalue weighted by atomic mass is 16.5. The van der Waals surface area contributed by atoms with Crippen molar-refractivity contribution >= 4 is 11.7 Å². The molecule has 0 unspecified atom stereocenters. The number of carbonyl (C=O) groups is 1. The average molecular weight is 394 g/mol. The minimum absolute atomic E-state index is 0.0676. The zero-order chi connectivity index (χ0) is 20.2. The maximum absolute atomic E-state index is 13.0. The van der Waals surface area contributed by atoms with E-state index in [2.05, 4.69) is 20.1 Å². The number of benzene rings is 1. The normalized spacial score (nSPS) is 14.0. The van der Waals surface area contributed by atoms with E-state index in [-0.39, 0.29) is 5.91 Å². The third-order valence-electron chi connectivity index (χ3n) is 4.93. The standard InChI is InChI=1S/C20H22N6O3/c1-28-15-3-4-17(29-2)16(13-15)20(27)25-11-9-24(10-12-25)18-5-6-19(23-22-18)26-8-7-21-14-26/h3-8,13-14H,9-12H2,1-2H3. The highest BCUT2D eigenvalue weighted by molar-refractivity contribution is 5.97. The summed E-state index contributed by atoms with van der Waals surface area (Å²) in [7, 11) is 3.14. The van der Waals surface area contributed by atoms with Crippen LogP contribution in [0.5, 0.6) is 11.5 Å². The number of methoxy groups -OCH3 is 2. The maximum Gasteiger partial charge on any atom is 0.257 e. The number of amides is 1. The molecule has 1 fully saturated rings. The quantitative estimate of drug-likeness (QED) is 0.650. The fraction of sp³-hybridized carbons (Fsp3) is 0.300. The SMILES string of the molecule is COc1ccc(OC)c(C(=O)N2CCN(c3ccc(-n4ccnc4)nn3)CC2)c1. The Morgan fingerprint density at radius 3 is 2.34 bits per heavy atom. The first-order chi connectivity index (χ1) is 14.2. The van der Waals surface area contributed by atoms with Gasteiger partial charge in [0.15, 0.2) is 11.6 Å². The van der Waals surface area contributed by atoms with Gasteiger partial charge in [0.05, 0.1) is 19.8 Å². The number of ether oxygens (including phenoxy) is 2. The Labute approximate surface area is 168 Å².